The van der Waals surface area contributed by atoms with Crippen molar-refractivity contribution in [1.82, 2.24) is 0 Å². The number of carbonyl (C=O) groups excluding carboxylic acids is 1. The maximum atomic E-state index is 12.1. The molecule has 2 aromatic carbocycles. The van der Waals surface area contributed by atoms with Crippen LogP contribution in [0.5, 0.6) is 0 Å². The van der Waals surface area contributed by atoms with E-state index in [-0.39, 0.29) is 11.6 Å². The molecule has 0 aromatic heterocycles. The minimum Gasteiger partial charge on any atom is -0.308 e. The summed E-state index contributed by atoms with van der Waals surface area (Å²) in [5, 5.41) is 12.2. The molecular weight excluding hydrogens is 232 g/mol. The normalized spacial score (nSPS) is 13.4. The van der Waals surface area contributed by atoms with Crippen LogP contribution in [0.3, 0.4) is 0 Å². The number of hydrogen-bond acceptors (Lipinski definition) is 3. The van der Waals surface area contributed by atoms with Crippen molar-refractivity contribution >= 4 is 28.1 Å². The first-order chi connectivity index (χ1) is 8.65. The second-order valence-electron chi connectivity index (χ2n) is 4.14. The van der Waals surface area contributed by atoms with Gasteiger partial charge in [-0.3, -0.25) is 14.9 Å². The Labute approximate surface area is 103 Å². The van der Waals surface area contributed by atoms with Gasteiger partial charge < -0.3 is 4.90 Å². The molecule has 0 aliphatic carbocycles. The van der Waals surface area contributed by atoms with E-state index in [4.69, 9.17) is 0 Å². The first-order valence-electron chi connectivity index (χ1n) is 5.67. The highest BCUT2D eigenvalue weighted by Crippen LogP contribution is 2.40. The Morgan fingerprint density at radius 3 is 2.72 bits per heavy atom. The van der Waals surface area contributed by atoms with Crippen LogP contribution in [-0.2, 0) is 0 Å². The maximum absolute atomic E-state index is 12.1. The Hall–Kier alpha value is -2.43. The van der Waals surface area contributed by atoms with Gasteiger partial charge in [0.2, 0.25) is 0 Å². The predicted octanol–water partition coefficient (Wildman–Crippen LogP) is 2.73. The number of anilines is 1. The number of benzene rings is 2. The van der Waals surface area contributed by atoms with Gasteiger partial charge in [-0.05, 0) is 25.1 Å². The quantitative estimate of drug-likeness (QED) is 0.600. The van der Waals surface area contributed by atoms with Crippen LogP contribution in [0.1, 0.15) is 17.3 Å². The maximum Gasteiger partial charge on any atom is 0.277 e. The fraction of sp³-hybridized carbons (Fsp3) is 0.154. The summed E-state index contributed by atoms with van der Waals surface area (Å²) < 4.78 is 0. The lowest BCUT2D eigenvalue weighted by molar-refractivity contribution is -0.383. The summed E-state index contributed by atoms with van der Waals surface area (Å²) in [7, 11) is 0. The van der Waals surface area contributed by atoms with E-state index in [0.717, 1.165) is 5.69 Å². The van der Waals surface area contributed by atoms with Crippen molar-refractivity contribution in [3.63, 3.8) is 0 Å². The van der Waals surface area contributed by atoms with Gasteiger partial charge >= 0.3 is 0 Å². The van der Waals surface area contributed by atoms with E-state index in [0.29, 0.717) is 22.9 Å². The third-order valence-electron chi connectivity index (χ3n) is 3.27. The zero-order chi connectivity index (χ0) is 12.9. The second-order valence-corrected chi connectivity index (χ2v) is 4.14. The van der Waals surface area contributed by atoms with Gasteiger partial charge in [0, 0.05) is 18.0 Å². The number of non-ortho nitro benzene ring substituents is 1. The number of rotatable bonds is 2. The standard InChI is InChI=1S/C13H10N2O3/c1-2-14-11-7-6-10(15(17)18)8-4-3-5-9(12(8)11)13(14)16/h3-7H,2H2,1H3. The first kappa shape index (κ1) is 10.7. The molecular formula is C13H10N2O3. The van der Waals surface area contributed by atoms with Crippen molar-refractivity contribution in [2.24, 2.45) is 0 Å². The largest absolute Gasteiger partial charge is 0.308 e. The summed E-state index contributed by atoms with van der Waals surface area (Å²) in [6.07, 6.45) is 0. The molecule has 0 atom stereocenters. The molecule has 0 N–H and O–H groups in total. The van der Waals surface area contributed by atoms with Crippen molar-refractivity contribution < 1.29 is 9.72 Å². The number of nitrogens with zero attached hydrogens (tertiary/aromatic N) is 2. The minimum absolute atomic E-state index is 0.0429. The third kappa shape index (κ3) is 1.18. The Bertz CT molecular complexity index is 694. The SMILES string of the molecule is CCN1C(=O)c2cccc3c([N+](=O)[O-])ccc1c23. The highest BCUT2D eigenvalue weighted by Gasteiger charge is 2.30. The number of nitro benzene ring substituents is 1. The van der Waals surface area contributed by atoms with Crippen molar-refractivity contribution in [2.75, 3.05) is 11.4 Å². The molecule has 2 aromatic rings. The lowest BCUT2D eigenvalue weighted by Crippen LogP contribution is -2.25. The monoisotopic (exact) mass is 242 g/mol. The van der Waals surface area contributed by atoms with Crippen LogP contribution in [0.2, 0.25) is 0 Å². The topological polar surface area (TPSA) is 63.5 Å². The van der Waals surface area contributed by atoms with Gasteiger partial charge in [0.1, 0.15) is 0 Å². The van der Waals surface area contributed by atoms with Crippen molar-refractivity contribution in [3.05, 3.63) is 46.0 Å². The molecule has 3 rings (SSSR count). The Morgan fingerprint density at radius 2 is 2.06 bits per heavy atom. The van der Waals surface area contributed by atoms with E-state index in [2.05, 4.69) is 0 Å². The molecule has 1 aliphatic rings. The van der Waals surface area contributed by atoms with Crippen molar-refractivity contribution in [3.8, 4) is 0 Å². The van der Waals surface area contributed by atoms with Crippen LogP contribution >= 0.6 is 0 Å². The molecule has 0 radical (unpaired) electrons. The molecule has 1 heterocycles. The van der Waals surface area contributed by atoms with Crippen LogP contribution in [-0.4, -0.2) is 17.4 Å². The Kier molecular flexibility index (Phi) is 2.10. The van der Waals surface area contributed by atoms with Crippen molar-refractivity contribution in [2.45, 2.75) is 6.92 Å². The zero-order valence-corrected chi connectivity index (χ0v) is 9.71. The van der Waals surface area contributed by atoms with Crippen LogP contribution in [0, 0.1) is 10.1 Å². The van der Waals surface area contributed by atoms with E-state index >= 15 is 0 Å². The Morgan fingerprint density at radius 1 is 1.28 bits per heavy atom. The summed E-state index contributed by atoms with van der Waals surface area (Å²) in [6.45, 7) is 2.44. The summed E-state index contributed by atoms with van der Waals surface area (Å²) >= 11 is 0. The second kappa shape index (κ2) is 3.53. The van der Waals surface area contributed by atoms with Crippen LogP contribution in [0.4, 0.5) is 11.4 Å². The molecule has 0 fully saturated rings. The summed E-state index contributed by atoms with van der Waals surface area (Å²) in [5.41, 5.74) is 1.35. The highest BCUT2D eigenvalue weighted by molar-refractivity contribution is 6.26. The zero-order valence-electron chi connectivity index (χ0n) is 9.71. The number of nitro groups is 1. The molecule has 5 heteroatoms. The van der Waals surface area contributed by atoms with E-state index in [1.54, 1.807) is 29.2 Å². The molecule has 1 aliphatic heterocycles. The van der Waals surface area contributed by atoms with E-state index < -0.39 is 4.92 Å². The molecule has 0 unspecified atom stereocenters. The molecule has 1 amide bonds. The van der Waals surface area contributed by atoms with Gasteiger partial charge in [-0.2, -0.15) is 0 Å². The van der Waals surface area contributed by atoms with E-state index in [9.17, 15) is 14.9 Å². The van der Waals surface area contributed by atoms with Gasteiger partial charge in [0.25, 0.3) is 11.6 Å². The van der Waals surface area contributed by atoms with Crippen LogP contribution < -0.4 is 4.90 Å². The highest BCUT2D eigenvalue weighted by atomic mass is 16.6. The minimum atomic E-state index is -0.415. The summed E-state index contributed by atoms with van der Waals surface area (Å²) in [5.74, 6) is -0.0846. The van der Waals surface area contributed by atoms with Gasteiger partial charge in [0.15, 0.2) is 0 Å². The van der Waals surface area contributed by atoms with Crippen molar-refractivity contribution in [1.29, 1.82) is 0 Å². The molecule has 0 saturated carbocycles. The molecule has 5 nitrogen and oxygen atoms in total. The summed E-state index contributed by atoms with van der Waals surface area (Å²) in [6, 6.07) is 8.20. The molecule has 90 valence electrons. The molecule has 18 heavy (non-hydrogen) atoms. The number of amides is 1. The lowest BCUT2D eigenvalue weighted by Gasteiger charge is -2.14. The fourth-order valence-corrected chi connectivity index (χ4v) is 2.50. The molecule has 0 saturated heterocycles. The predicted molar refractivity (Wildman–Crippen MR) is 68.0 cm³/mol. The van der Waals surface area contributed by atoms with Gasteiger partial charge in [-0.1, -0.05) is 6.07 Å². The third-order valence-corrected chi connectivity index (χ3v) is 3.27. The van der Waals surface area contributed by atoms with Gasteiger partial charge in [-0.25, -0.2) is 0 Å². The average molecular weight is 242 g/mol. The molecule has 0 bridgehead atoms. The number of carbonyl (C=O) groups is 1. The first-order valence-corrected chi connectivity index (χ1v) is 5.67. The van der Waals surface area contributed by atoms with Crippen LogP contribution in [0.25, 0.3) is 10.8 Å². The van der Waals surface area contributed by atoms with Gasteiger partial charge in [0.05, 0.1) is 21.6 Å². The lowest BCUT2D eigenvalue weighted by atomic mass is 10.0. The average Bonchev–Trinajstić information content (AvgIpc) is 2.64. The number of hydrogen-bond donors (Lipinski definition) is 0. The fourth-order valence-electron chi connectivity index (χ4n) is 2.50. The smallest absolute Gasteiger partial charge is 0.277 e. The van der Waals surface area contributed by atoms with Crippen LogP contribution in [0.15, 0.2) is 30.3 Å². The summed E-state index contributed by atoms with van der Waals surface area (Å²) in [4.78, 5) is 24.4. The Balaban J connectivity index is 2.44. The van der Waals surface area contributed by atoms with E-state index in [1.807, 2.05) is 6.92 Å². The van der Waals surface area contributed by atoms with E-state index in [1.165, 1.54) is 6.07 Å². The molecule has 0 spiro atoms. The van der Waals surface area contributed by atoms with Gasteiger partial charge in [-0.15, -0.1) is 0 Å².